The largest absolute Gasteiger partial charge is 0.308 e. The highest BCUT2D eigenvalue weighted by Crippen LogP contribution is 2.45. The number of hydrogen-bond donors (Lipinski definition) is 0. The fourth-order valence-electron chi connectivity index (χ4n) is 3.61. The number of amides is 1. The van der Waals surface area contributed by atoms with Crippen molar-refractivity contribution in [3.63, 3.8) is 0 Å². The second kappa shape index (κ2) is 5.38. The Balaban J connectivity index is 2.01. The number of likely N-dealkylation sites (tertiary alicyclic amines) is 1. The Morgan fingerprint density at radius 2 is 2.25 bits per heavy atom. The van der Waals surface area contributed by atoms with E-state index in [9.17, 15) is 4.79 Å². The van der Waals surface area contributed by atoms with Gasteiger partial charge in [-0.3, -0.25) is 4.79 Å². The Kier molecular flexibility index (Phi) is 3.74. The SMILES string of the molecule is Cc1ccc2c(c1)C1CN(C)CCC1N2C(=O)CCCl. The second-order valence-electron chi connectivity index (χ2n) is 5.99. The van der Waals surface area contributed by atoms with E-state index in [0.717, 1.165) is 25.2 Å². The van der Waals surface area contributed by atoms with Crippen LogP contribution in [0.4, 0.5) is 5.69 Å². The fraction of sp³-hybridized carbons (Fsp3) is 0.562. The van der Waals surface area contributed by atoms with Crippen LogP contribution >= 0.6 is 11.6 Å². The number of carbonyl (C=O) groups excluding carboxylic acids is 1. The third-order valence-corrected chi connectivity index (χ3v) is 4.72. The lowest BCUT2D eigenvalue weighted by molar-refractivity contribution is -0.118. The summed E-state index contributed by atoms with van der Waals surface area (Å²) in [4.78, 5) is 16.8. The predicted molar refractivity (Wildman–Crippen MR) is 82.6 cm³/mol. The van der Waals surface area contributed by atoms with Gasteiger partial charge in [0.1, 0.15) is 0 Å². The van der Waals surface area contributed by atoms with Crippen molar-refractivity contribution in [1.29, 1.82) is 0 Å². The van der Waals surface area contributed by atoms with Gasteiger partial charge in [-0.1, -0.05) is 17.7 Å². The van der Waals surface area contributed by atoms with Gasteiger partial charge >= 0.3 is 0 Å². The van der Waals surface area contributed by atoms with Crippen LogP contribution in [0.25, 0.3) is 0 Å². The van der Waals surface area contributed by atoms with Gasteiger partial charge < -0.3 is 9.80 Å². The smallest absolute Gasteiger partial charge is 0.228 e. The Labute approximate surface area is 125 Å². The van der Waals surface area contributed by atoms with E-state index in [1.54, 1.807) is 0 Å². The van der Waals surface area contributed by atoms with Crippen molar-refractivity contribution in [3.05, 3.63) is 29.3 Å². The molecule has 0 saturated carbocycles. The van der Waals surface area contributed by atoms with Gasteiger partial charge in [0.15, 0.2) is 0 Å². The molecular weight excluding hydrogens is 272 g/mol. The molecule has 4 heteroatoms. The van der Waals surface area contributed by atoms with Crippen LogP contribution in [0.5, 0.6) is 0 Å². The fourth-order valence-corrected chi connectivity index (χ4v) is 3.77. The monoisotopic (exact) mass is 292 g/mol. The maximum atomic E-state index is 12.5. The molecule has 0 aliphatic carbocycles. The van der Waals surface area contributed by atoms with Gasteiger partial charge in [-0.25, -0.2) is 0 Å². The number of aryl methyl sites for hydroxylation is 1. The maximum Gasteiger partial charge on any atom is 0.228 e. The maximum absolute atomic E-state index is 12.5. The number of piperidine rings is 1. The third kappa shape index (κ3) is 2.23. The van der Waals surface area contributed by atoms with Gasteiger partial charge in [0.25, 0.3) is 0 Å². The van der Waals surface area contributed by atoms with Crippen LogP contribution in [0.3, 0.4) is 0 Å². The van der Waals surface area contributed by atoms with Gasteiger partial charge in [0, 0.05) is 36.5 Å². The number of carbonyl (C=O) groups is 1. The molecule has 108 valence electrons. The lowest BCUT2D eigenvalue weighted by Crippen LogP contribution is -2.47. The Morgan fingerprint density at radius 3 is 3.00 bits per heavy atom. The number of anilines is 1. The predicted octanol–water partition coefficient (Wildman–Crippen LogP) is 2.76. The van der Waals surface area contributed by atoms with Crippen LogP contribution in [-0.4, -0.2) is 42.9 Å². The number of benzene rings is 1. The molecule has 1 fully saturated rings. The van der Waals surface area contributed by atoms with Crippen LogP contribution in [0.2, 0.25) is 0 Å². The molecule has 2 aliphatic rings. The van der Waals surface area contributed by atoms with Crippen molar-refractivity contribution >= 4 is 23.2 Å². The molecule has 20 heavy (non-hydrogen) atoms. The quantitative estimate of drug-likeness (QED) is 0.783. The first-order valence-electron chi connectivity index (χ1n) is 7.29. The minimum atomic E-state index is 0.169. The molecule has 1 amide bonds. The summed E-state index contributed by atoms with van der Waals surface area (Å²) in [6.07, 6.45) is 1.47. The molecule has 2 atom stereocenters. The molecule has 3 nitrogen and oxygen atoms in total. The Bertz CT molecular complexity index is 531. The first-order valence-corrected chi connectivity index (χ1v) is 7.82. The number of likely N-dealkylation sites (N-methyl/N-ethyl adjacent to an activating group) is 1. The van der Waals surface area contributed by atoms with E-state index >= 15 is 0 Å². The standard InChI is InChI=1S/C16H21ClN2O/c1-11-3-4-14-12(9-11)13-10-18(2)8-6-15(13)19(14)16(20)5-7-17/h3-4,9,13,15H,5-8,10H2,1-2H3. The first kappa shape index (κ1) is 13.9. The highest BCUT2D eigenvalue weighted by molar-refractivity contribution is 6.19. The lowest BCUT2D eigenvalue weighted by Gasteiger charge is -2.36. The van der Waals surface area contributed by atoms with Gasteiger partial charge in [-0.05, 0) is 38.6 Å². The summed E-state index contributed by atoms with van der Waals surface area (Å²) >= 11 is 5.77. The molecule has 1 saturated heterocycles. The van der Waals surface area contributed by atoms with Crippen molar-refractivity contribution in [2.45, 2.75) is 31.7 Å². The third-order valence-electron chi connectivity index (χ3n) is 4.53. The Hall–Kier alpha value is -1.06. The normalized spacial score (nSPS) is 25.4. The molecule has 1 aromatic rings. The molecule has 0 bridgehead atoms. The van der Waals surface area contributed by atoms with Crippen LogP contribution in [0, 0.1) is 6.92 Å². The van der Waals surface area contributed by atoms with Crippen molar-refractivity contribution in [2.75, 3.05) is 30.9 Å². The minimum absolute atomic E-state index is 0.169. The molecule has 0 N–H and O–H groups in total. The van der Waals surface area contributed by atoms with E-state index in [4.69, 9.17) is 11.6 Å². The highest BCUT2D eigenvalue weighted by atomic mass is 35.5. The van der Waals surface area contributed by atoms with Crippen LogP contribution in [0.1, 0.15) is 29.9 Å². The number of fused-ring (bicyclic) bond motifs is 3. The molecule has 1 aromatic carbocycles. The van der Waals surface area contributed by atoms with E-state index in [1.165, 1.54) is 11.1 Å². The summed E-state index contributed by atoms with van der Waals surface area (Å²) in [5, 5.41) is 0. The van der Waals surface area contributed by atoms with Gasteiger partial charge in [-0.2, -0.15) is 0 Å². The zero-order valence-corrected chi connectivity index (χ0v) is 12.9. The molecule has 2 heterocycles. The minimum Gasteiger partial charge on any atom is -0.308 e. The van der Waals surface area contributed by atoms with E-state index in [0.29, 0.717) is 24.3 Å². The average Bonchev–Trinajstić information content (AvgIpc) is 2.72. The zero-order valence-electron chi connectivity index (χ0n) is 12.1. The topological polar surface area (TPSA) is 23.6 Å². The molecular formula is C16H21ClN2O. The molecule has 2 unspecified atom stereocenters. The number of halogens is 1. The van der Waals surface area contributed by atoms with Crippen molar-refractivity contribution in [3.8, 4) is 0 Å². The number of alkyl halides is 1. The van der Waals surface area contributed by atoms with Crippen LogP contribution in [0.15, 0.2) is 18.2 Å². The van der Waals surface area contributed by atoms with E-state index in [2.05, 4.69) is 37.1 Å². The zero-order chi connectivity index (χ0) is 14.3. The van der Waals surface area contributed by atoms with Crippen molar-refractivity contribution < 1.29 is 4.79 Å². The lowest BCUT2D eigenvalue weighted by atomic mass is 9.89. The second-order valence-corrected chi connectivity index (χ2v) is 6.37. The summed E-state index contributed by atoms with van der Waals surface area (Å²) in [7, 11) is 2.16. The first-order chi connectivity index (χ1) is 9.61. The Morgan fingerprint density at radius 1 is 1.45 bits per heavy atom. The highest BCUT2D eigenvalue weighted by Gasteiger charge is 2.43. The molecule has 0 spiro atoms. The van der Waals surface area contributed by atoms with Gasteiger partial charge in [0.2, 0.25) is 5.91 Å². The summed E-state index contributed by atoms with van der Waals surface area (Å²) in [6.45, 7) is 4.20. The van der Waals surface area contributed by atoms with E-state index in [1.807, 2.05) is 4.90 Å². The summed E-state index contributed by atoms with van der Waals surface area (Å²) in [6, 6.07) is 6.77. The van der Waals surface area contributed by atoms with Crippen LogP contribution < -0.4 is 4.90 Å². The number of rotatable bonds is 2. The number of hydrogen-bond acceptors (Lipinski definition) is 2. The molecule has 0 radical (unpaired) electrons. The van der Waals surface area contributed by atoms with Crippen molar-refractivity contribution in [1.82, 2.24) is 4.90 Å². The van der Waals surface area contributed by atoms with E-state index < -0.39 is 0 Å². The molecule has 3 rings (SSSR count). The van der Waals surface area contributed by atoms with Crippen molar-refractivity contribution in [2.24, 2.45) is 0 Å². The average molecular weight is 293 g/mol. The van der Waals surface area contributed by atoms with Gasteiger partial charge in [0.05, 0.1) is 0 Å². The van der Waals surface area contributed by atoms with E-state index in [-0.39, 0.29) is 5.91 Å². The summed E-state index contributed by atoms with van der Waals surface area (Å²) in [5.41, 5.74) is 3.71. The number of nitrogens with zero attached hydrogens (tertiary/aromatic N) is 2. The summed E-state index contributed by atoms with van der Waals surface area (Å²) in [5.74, 6) is 1.01. The molecule has 2 aliphatic heterocycles. The van der Waals surface area contributed by atoms with Gasteiger partial charge in [-0.15, -0.1) is 11.6 Å². The molecule has 0 aromatic heterocycles. The summed E-state index contributed by atoms with van der Waals surface area (Å²) < 4.78 is 0. The van der Waals surface area contributed by atoms with Crippen LogP contribution in [-0.2, 0) is 4.79 Å².